The molecule has 0 amide bonds. The molecule has 1 rings (SSSR count). The van der Waals surface area contributed by atoms with E-state index in [-0.39, 0.29) is 5.78 Å². The zero-order valence-electron chi connectivity index (χ0n) is 8.66. The molecule has 0 aliphatic carbocycles. The molecule has 1 aromatic carbocycles. The van der Waals surface area contributed by atoms with Gasteiger partial charge in [0.2, 0.25) is 0 Å². The molecule has 1 aromatic rings. The van der Waals surface area contributed by atoms with Gasteiger partial charge < -0.3 is 5.11 Å². The van der Waals surface area contributed by atoms with Gasteiger partial charge in [-0.1, -0.05) is 17.7 Å². The molecule has 2 nitrogen and oxygen atoms in total. The zero-order valence-corrected chi connectivity index (χ0v) is 8.66. The van der Waals surface area contributed by atoms with Crippen LogP contribution in [0.4, 0.5) is 0 Å². The van der Waals surface area contributed by atoms with Crippen molar-refractivity contribution in [2.75, 3.05) is 0 Å². The van der Waals surface area contributed by atoms with Gasteiger partial charge in [0.25, 0.3) is 0 Å². The summed E-state index contributed by atoms with van der Waals surface area (Å²) in [6.45, 7) is 5.43. The summed E-state index contributed by atoms with van der Waals surface area (Å²) >= 11 is 0. The molecule has 0 fully saturated rings. The fourth-order valence-corrected chi connectivity index (χ4v) is 1.25. The lowest BCUT2D eigenvalue weighted by Crippen LogP contribution is -2.03. The number of Topliss-reactive ketones (excluding diaryl/α,β-unsaturated/α-hetero) is 1. The lowest BCUT2D eigenvalue weighted by atomic mass is 9.99. The van der Waals surface area contributed by atoms with Crippen molar-refractivity contribution < 1.29 is 9.90 Å². The molecule has 0 unspecified atom stereocenters. The van der Waals surface area contributed by atoms with Gasteiger partial charge in [0.15, 0.2) is 5.78 Å². The van der Waals surface area contributed by atoms with Gasteiger partial charge in [-0.3, -0.25) is 4.79 Å². The minimum absolute atomic E-state index is 0.117. The van der Waals surface area contributed by atoms with Crippen LogP contribution < -0.4 is 0 Å². The highest BCUT2D eigenvalue weighted by Gasteiger charge is 2.10. The Bertz CT molecular complexity index is 389. The van der Waals surface area contributed by atoms with Crippen LogP contribution in [-0.2, 0) is 0 Å². The van der Waals surface area contributed by atoms with E-state index >= 15 is 0 Å². The molecule has 0 heterocycles. The van der Waals surface area contributed by atoms with Crippen molar-refractivity contribution in [3.8, 4) is 0 Å². The second kappa shape index (κ2) is 4.09. The maximum atomic E-state index is 11.7. The van der Waals surface area contributed by atoms with Crippen LogP contribution in [0.15, 0.2) is 30.0 Å². The Balaban J connectivity index is 3.19. The number of benzene rings is 1. The maximum absolute atomic E-state index is 11.7. The van der Waals surface area contributed by atoms with Crippen molar-refractivity contribution in [1.82, 2.24) is 0 Å². The molecule has 0 saturated carbocycles. The van der Waals surface area contributed by atoms with Crippen LogP contribution in [0.25, 0.3) is 0 Å². The van der Waals surface area contributed by atoms with E-state index in [0.29, 0.717) is 11.1 Å². The SMILES string of the molecule is C/C(=C\O)C(=O)c1cc(C)ccc1C. The monoisotopic (exact) mass is 190 g/mol. The van der Waals surface area contributed by atoms with Crippen molar-refractivity contribution in [1.29, 1.82) is 0 Å². The standard InChI is InChI=1S/C12H14O2/c1-8-4-5-9(2)11(6-8)12(14)10(3)7-13/h4-7,13H,1-3H3/b10-7+. The van der Waals surface area contributed by atoms with Gasteiger partial charge in [0, 0.05) is 11.1 Å². The van der Waals surface area contributed by atoms with Crippen LogP contribution in [0, 0.1) is 13.8 Å². The number of carbonyl (C=O) groups is 1. The first kappa shape index (κ1) is 10.5. The second-order valence-corrected chi connectivity index (χ2v) is 3.46. The Morgan fingerprint density at radius 1 is 1.36 bits per heavy atom. The van der Waals surface area contributed by atoms with E-state index in [4.69, 9.17) is 5.11 Å². The van der Waals surface area contributed by atoms with Crippen molar-refractivity contribution in [2.24, 2.45) is 0 Å². The third kappa shape index (κ3) is 2.02. The van der Waals surface area contributed by atoms with Gasteiger partial charge in [-0.25, -0.2) is 0 Å². The average Bonchev–Trinajstić information content (AvgIpc) is 2.19. The van der Waals surface area contributed by atoms with Gasteiger partial charge in [0.05, 0.1) is 6.26 Å². The highest BCUT2D eigenvalue weighted by molar-refractivity contribution is 6.09. The molecular formula is C12H14O2. The van der Waals surface area contributed by atoms with Crippen molar-refractivity contribution in [3.05, 3.63) is 46.7 Å². The fourth-order valence-electron chi connectivity index (χ4n) is 1.25. The van der Waals surface area contributed by atoms with Crippen LogP contribution in [0.5, 0.6) is 0 Å². The first-order valence-electron chi connectivity index (χ1n) is 4.49. The molecule has 0 aliphatic rings. The van der Waals surface area contributed by atoms with Crippen molar-refractivity contribution >= 4 is 5.78 Å². The van der Waals surface area contributed by atoms with Crippen LogP contribution in [0.3, 0.4) is 0 Å². The molecule has 14 heavy (non-hydrogen) atoms. The topological polar surface area (TPSA) is 37.3 Å². The Kier molecular flexibility index (Phi) is 3.07. The minimum atomic E-state index is -0.117. The van der Waals surface area contributed by atoms with Gasteiger partial charge in [-0.05, 0) is 32.4 Å². The van der Waals surface area contributed by atoms with E-state index in [9.17, 15) is 4.79 Å². The number of hydrogen-bond donors (Lipinski definition) is 1. The predicted molar refractivity (Wildman–Crippen MR) is 56.6 cm³/mol. The molecule has 1 N–H and O–H groups in total. The number of hydrogen-bond acceptors (Lipinski definition) is 2. The summed E-state index contributed by atoms with van der Waals surface area (Å²) in [5.41, 5.74) is 3.00. The van der Waals surface area contributed by atoms with E-state index in [1.807, 2.05) is 32.0 Å². The predicted octanol–water partition coefficient (Wildman–Crippen LogP) is 2.95. The number of aliphatic hydroxyl groups excluding tert-OH is 1. The summed E-state index contributed by atoms with van der Waals surface area (Å²) in [6.07, 6.45) is 0.851. The van der Waals surface area contributed by atoms with E-state index in [0.717, 1.165) is 17.4 Å². The molecular weight excluding hydrogens is 176 g/mol. The quantitative estimate of drug-likeness (QED) is 0.442. The average molecular weight is 190 g/mol. The molecule has 0 radical (unpaired) electrons. The molecule has 0 aromatic heterocycles. The third-order valence-electron chi connectivity index (χ3n) is 2.19. The zero-order chi connectivity index (χ0) is 10.7. The molecule has 0 atom stereocenters. The first-order valence-corrected chi connectivity index (χ1v) is 4.49. The smallest absolute Gasteiger partial charge is 0.192 e. The molecule has 2 heteroatoms. The third-order valence-corrected chi connectivity index (χ3v) is 2.19. The number of allylic oxidation sites excluding steroid dienone is 1. The Morgan fingerprint density at radius 3 is 2.57 bits per heavy atom. The normalized spacial score (nSPS) is 11.5. The lowest BCUT2D eigenvalue weighted by molar-refractivity contribution is 0.103. The Morgan fingerprint density at radius 2 is 2.00 bits per heavy atom. The first-order chi connectivity index (χ1) is 6.56. The minimum Gasteiger partial charge on any atom is -0.515 e. The highest BCUT2D eigenvalue weighted by atomic mass is 16.2. The molecule has 0 saturated heterocycles. The lowest BCUT2D eigenvalue weighted by Gasteiger charge is -2.05. The van der Waals surface area contributed by atoms with Crippen LogP contribution in [-0.4, -0.2) is 10.9 Å². The maximum Gasteiger partial charge on any atom is 0.192 e. The summed E-state index contributed by atoms with van der Waals surface area (Å²) in [5, 5.41) is 8.74. The van der Waals surface area contributed by atoms with E-state index < -0.39 is 0 Å². The molecule has 0 aliphatic heterocycles. The number of rotatable bonds is 2. The van der Waals surface area contributed by atoms with Gasteiger partial charge >= 0.3 is 0 Å². The van der Waals surface area contributed by atoms with E-state index in [1.54, 1.807) is 6.92 Å². The Hall–Kier alpha value is -1.57. The summed E-state index contributed by atoms with van der Waals surface area (Å²) in [6, 6.07) is 5.71. The summed E-state index contributed by atoms with van der Waals surface area (Å²) in [7, 11) is 0. The number of aliphatic hydroxyl groups is 1. The van der Waals surface area contributed by atoms with Crippen LogP contribution in [0.2, 0.25) is 0 Å². The Labute approximate surface area is 83.9 Å². The summed E-state index contributed by atoms with van der Waals surface area (Å²) in [4.78, 5) is 11.7. The number of aryl methyl sites for hydroxylation is 2. The second-order valence-electron chi connectivity index (χ2n) is 3.46. The van der Waals surface area contributed by atoms with Gasteiger partial charge in [-0.2, -0.15) is 0 Å². The number of ketones is 1. The van der Waals surface area contributed by atoms with Gasteiger partial charge in [-0.15, -0.1) is 0 Å². The molecule has 0 spiro atoms. The van der Waals surface area contributed by atoms with Crippen molar-refractivity contribution in [3.63, 3.8) is 0 Å². The van der Waals surface area contributed by atoms with E-state index in [2.05, 4.69) is 0 Å². The summed E-state index contributed by atoms with van der Waals surface area (Å²) in [5.74, 6) is -0.117. The van der Waals surface area contributed by atoms with Gasteiger partial charge in [0.1, 0.15) is 0 Å². The summed E-state index contributed by atoms with van der Waals surface area (Å²) < 4.78 is 0. The molecule has 74 valence electrons. The highest BCUT2D eigenvalue weighted by Crippen LogP contribution is 2.14. The fraction of sp³-hybridized carbons (Fsp3) is 0.250. The van der Waals surface area contributed by atoms with Crippen molar-refractivity contribution in [2.45, 2.75) is 20.8 Å². The van der Waals surface area contributed by atoms with Crippen LogP contribution in [0.1, 0.15) is 28.4 Å². The largest absolute Gasteiger partial charge is 0.515 e. The van der Waals surface area contributed by atoms with Crippen LogP contribution >= 0.6 is 0 Å². The molecule has 0 bridgehead atoms. The van der Waals surface area contributed by atoms with E-state index in [1.165, 1.54) is 0 Å². The number of carbonyl (C=O) groups excluding carboxylic acids is 1.